The van der Waals surface area contributed by atoms with Crippen molar-refractivity contribution in [2.45, 2.75) is 46.1 Å². The zero-order valence-electron chi connectivity index (χ0n) is 18.5. The van der Waals surface area contributed by atoms with E-state index in [9.17, 15) is 4.79 Å². The molecular weight excluding hydrogens is 386 g/mol. The summed E-state index contributed by atoms with van der Waals surface area (Å²) in [5.74, 6) is 2.30. The van der Waals surface area contributed by atoms with Crippen molar-refractivity contribution in [1.82, 2.24) is 15.1 Å². The van der Waals surface area contributed by atoms with Crippen molar-refractivity contribution in [3.63, 3.8) is 0 Å². The van der Waals surface area contributed by atoms with Crippen LogP contribution in [0.1, 0.15) is 60.0 Å². The van der Waals surface area contributed by atoms with Crippen LogP contribution in [0.3, 0.4) is 0 Å². The van der Waals surface area contributed by atoms with Gasteiger partial charge in [-0.1, -0.05) is 68.4 Å². The highest BCUT2D eigenvalue weighted by Crippen LogP contribution is 2.23. The number of ketones is 1. The van der Waals surface area contributed by atoms with Gasteiger partial charge in [0.25, 0.3) is 0 Å². The van der Waals surface area contributed by atoms with E-state index in [1.54, 1.807) is 0 Å². The molecule has 5 heteroatoms. The lowest BCUT2D eigenvalue weighted by molar-refractivity contribution is 0.0827. The highest BCUT2D eigenvalue weighted by atomic mass is 16.4. The lowest BCUT2D eigenvalue weighted by atomic mass is 9.88. The van der Waals surface area contributed by atoms with Crippen molar-refractivity contribution in [2.75, 3.05) is 13.1 Å². The van der Waals surface area contributed by atoms with Crippen LogP contribution in [-0.4, -0.2) is 34.0 Å². The lowest BCUT2D eigenvalue weighted by Gasteiger charge is -2.30. The van der Waals surface area contributed by atoms with Crippen LogP contribution in [0.2, 0.25) is 0 Å². The van der Waals surface area contributed by atoms with E-state index >= 15 is 0 Å². The molecule has 1 aliphatic rings. The Kier molecular flexibility index (Phi) is 6.92. The van der Waals surface area contributed by atoms with E-state index in [4.69, 9.17) is 4.42 Å². The SMILES string of the molecule is CC(C)Cc1ccc(C(=O)C2CCN(Cc3nnc(Cc4ccccc4)o3)CC2)cc1. The summed E-state index contributed by atoms with van der Waals surface area (Å²) >= 11 is 0. The molecule has 0 radical (unpaired) electrons. The minimum Gasteiger partial charge on any atom is -0.424 e. The number of aromatic nitrogens is 2. The van der Waals surface area contributed by atoms with E-state index in [-0.39, 0.29) is 11.7 Å². The first kappa shape index (κ1) is 21.4. The minimum atomic E-state index is 0.100. The highest BCUT2D eigenvalue weighted by Gasteiger charge is 2.26. The fraction of sp³-hybridized carbons (Fsp3) is 0.423. The molecule has 31 heavy (non-hydrogen) atoms. The third-order valence-electron chi connectivity index (χ3n) is 5.91. The summed E-state index contributed by atoms with van der Waals surface area (Å²) in [5.41, 5.74) is 3.30. The van der Waals surface area contributed by atoms with Gasteiger partial charge in [-0.2, -0.15) is 0 Å². The summed E-state index contributed by atoms with van der Waals surface area (Å²) in [4.78, 5) is 15.2. The van der Waals surface area contributed by atoms with Gasteiger partial charge in [-0.15, -0.1) is 10.2 Å². The molecule has 5 nitrogen and oxygen atoms in total. The number of carbonyl (C=O) groups excluding carboxylic acids is 1. The van der Waals surface area contributed by atoms with Crippen molar-refractivity contribution < 1.29 is 9.21 Å². The molecule has 0 amide bonds. The number of benzene rings is 2. The van der Waals surface area contributed by atoms with E-state index in [1.165, 1.54) is 5.56 Å². The van der Waals surface area contributed by atoms with Crippen LogP contribution >= 0.6 is 0 Å². The Hall–Kier alpha value is -2.79. The van der Waals surface area contributed by atoms with Crippen LogP contribution in [0.25, 0.3) is 0 Å². The molecule has 3 aromatic rings. The second-order valence-corrected chi connectivity index (χ2v) is 8.96. The maximum Gasteiger partial charge on any atom is 0.230 e. The summed E-state index contributed by atoms with van der Waals surface area (Å²) < 4.78 is 5.84. The Balaban J connectivity index is 1.26. The van der Waals surface area contributed by atoms with Crippen LogP contribution in [0.5, 0.6) is 0 Å². The van der Waals surface area contributed by atoms with Crippen LogP contribution < -0.4 is 0 Å². The molecule has 0 bridgehead atoms. The summed E-state index contributed by atoms with van der Waals surface area (Å²) in [7, 11) is 0. The summed E-state index contributed by atoms with van der Waals surface area (Å²) in [6, 6.07) is 18.3. The number of hydrogen-bond acceptors (Lipinski definition) is 5. The first-order valence-electron chi connectivity index (χ1n) is 11.3. The minimum absolute atomic E-state index is 0.100. The normalized spacial score (nSPS) is 15.5. The molecule has 0 atom stereocenters. The number of Topliss-reactive ketones (excluding diaryl/α,β-unsaturated/α-hetero) is 1. The first-order valence-corrected chi connectivity index (χ1v) is 11.3. The van der Waals surface area contributed by atoms with E-state index in [0.717, 1.165) is 43.5 Å². The molecule has 0 aliphatic carbocycles. The van der Waals surface area contributed by atoms with Crippen LogP contribution in [-0.2, 0) is 19.4 Å². The molecule has 162 valence electrons. The molecule has 1 aliphatic heterocycles. The third-order valence-corrected chi connectivity index (χ3v) is 5.91. The molecule has 1 aromatic heterocycles. The Morgan fingerprint density at radius 2 is 1.65 bits per heavy atom. The predicted octanol–water partition coefficient (Wildman–Crippen LogP) is 4.95. The number of piperidine rings is 1. The molecule has 0 saturated carbocycles. The molecule has 0 spiro atoms. The zero-order chi connectivity index (χ0) is 21.6. The van der Waals surface area contributed by atoms with E-state index in [1.807, 2.05) is 30.3 Å². The van der Waals surface area contributed by atoms with E-state index < -0.39 is 0 Å². The molecule has 2 aromatic carbocycles. The van der Waals surface area contributed by atoms with Gasteiger partial charge >= 0.3 is 0 Å². The average Bonchev–Trinajstić information content (AvgIpc) is 3.21. The molecule has 1 fully saturated rings. The standard InChI is InChI=1S/C26H31N3O2/c1-19(2)16-21-8-10-22(11-9-21)26(30)23-12-14-29(15-13-23)18-25-28-27-24(31-25)17-20-6-4-3-5-7-20/h3-11,19,23H,12-18H2,1-2H3. The van der Waals surface area contributed by atoms with Gasteiger partial charge in [0.15, 0.2) is 5.78 Å². The van der Waals surface area contributed by atoms with Gasteiger partial charge in [-0.05, 0) is 49.4 Å². The van der Waals surface area contributed by atoms with Crippen LogP contribution in [0.15, 0.2) is 59.0 Å². The zero-order valence-corrected chi connectivity index (χ0v) is 18.5. The van der Waals surface area contributed by atoms with Gasteiger partial charge in [-0.25, -0.2) is 0 Å². The van der Waals surface area contributed by atoms with Gasteiger partial charge in [0, 0.05) is 11.5 Å². The van der Waals surface area contributed by atoms with Gasteiger partial charge in [-0.3, -0.25) is 9.69 Å². The van der Waals surface area contributed by atoms with Crippen LogP contribution in [0, 0.1) is 11.8 Å². The Morgan fingerprint density at radius 1 is 0.968 bits per heavy atom. The highest BCUT2D eigenvalue weighted by molar-refractivity contribution is 5.97. The summed E-state index contributed by atoms with van der Waals surface area (Å²) in [6.07, 6.45) is 3.45. The first-order chi connectivity index (χ1) is 15.1. The van der Waals surface area contributed by atoms with Gasteiger partial charge in [0.1, 0.15) is 0 Å². The maximum atomic E-state index is 12.9. The predicted molar refractivity (Wildman–Crippen MR) is 121 cm³/mol. The average molecular weight is 418 g/mol. The lowest BCUT2D eigenvalue weighted by Crippen LogP contribution is -2.36. The van der Waals surface area contributed by atoms with Crippen molar-refractivity contribution in [3.8, 4) is 0 Å². The summed E-state index contributed by atoms with van der Waals surface area (Å²) in [6.45, 7) is 6.82. The Labute approximate surface area is 184 Å². The fourth-order valence-corrected chi connectivity index (χ4v) is 4.25. The molecule has 0 N–H and O–H groups in total. The molecule has 2 heterocycles. The van der Waals surface area contributed by atoms with Gasteiger partial charge < -0.3 is 4.42 Å². The summed E-state index contributed by atoms with van der Waals surface area (Å²) in [5, 5.41) is 8.40. The van der Waals surface area contributed by atoms with E-state index in [0.29, 0.717) is 30.7 Å². The van der Waals surface area contributed by atoms with Crippen molar-refractivity contribution in [3.05, 3.63) is 83.1 Å². The Bertz CT molecular complexity index is 971. The maximum absolute atomic E-state index is 12.9. The number of hydrogen-bond donors (Lipinski definition) is 0. The second kappa shape index (κ2) is 10.0. The Morgan fingerprint density at radius 3 is 2.32 bits per heavy atom. The topological polar surface area (TPSA) is 59.2 Å². The third kappa shape index (κ3) is 5.88. The monoisotopic (exact) mass is 417 g/mol. The quantitative estimate of drug-likeness (QED) is 0.485. The van der Waals surface area contributed by atoms with Gasteiger partial charge in [0.2, 0.25) is 11.8 Å². The molecule has 1 saturated heterocycles. The molecule has 4 rings (SSSR count). The number of likely N-dealkylation sites (tertiary alicyclic amines) is 1. The van der Waals surface area contributed by atoms with Crippen molar-refractivity contribution in [1.29, 1.82) is 0 Å². The van der Waals surface area contributed by atoms with Crippen molar-refractivity contribution >= 4 is 5.78 Å². The molecule has 0 unspecified atom stereocenters. The molecular formula is C26H31N3O2. The second-order valence-electron chi connectivity index (χ2n) is 8.96. The smallest absolute Gasteiger partial charge is 0.230 e. The number of carbonyl (C=O) groups is 1. The van der Waals surface area contributed by atoms with E-state index in [2.05, 4.69) is 53.2 Å². The number of nitrogens with zero attached hydrogens (tertiary/aromatic N) is 3. The fourth-order valence-electron chi connectivity index (χ4n) is 4.25. The van der Waals surface area contributed by atoms with Crippen LogP contribution in [0.4, 0.5) is 0 Å². The number of rotatable bonds is 8. The largest absolute Gasteiger partial charge is 0.424 e. The van der Waals surface area contributed by atoms with Crippen molar-refractivity contribution in [2.24, 2.45) is 11.8 Å². The van der Waals surface area contributed by atoms with Gasteiger partial charge in [0.05, 0.1) is 13.0 Å².